The van der Waals surface area contributed by atoms with E-state index in [1.54, 1.807) is 12.1 Å². The molecule has 0 amide bonds. The van der Waals surface area contributed by atoms with Gasteiger partial charge in [0.2, 0.25) is 9.84 Å². The third-order valence-corrected chi connectivity index (χ3v) is 5.51. The molecule has 1 aliphatic carbocycles. The maximum absolute atomic E-state index is 13.1. The van der Waals surface area contributed by atoms with Crippen LogP contribution in [0.25, 0.3) is 0 Å². The average molecular weight is 306 g/mol. The Morgan fingerprint density at radius 3 is 2.00 bits per heavy atom. The maximum Gasteiger partial charge on any atom is 0.284 e. The van der Waals surface area contributed by atoms with E-state index in [1.165, 1.54) is 18.6 Å². The van der Waals surface area contributed by atoms with Crippen molar-refractivity contribution < 1.29 is 21.6 Å². The lowest BCUT2D eigenvalue weighted by molar-refractivity contribution is 0.0902. The number of hydrogen-bond donors (Lipinski definition) is 0. The molecule has 1 unspecified atom stereocenters. The highest BCUT2D eigenvalue weighted by Gasteiger charge is 2.35. The van der Waals surface area contributed by atoms with Crippen molar-refractivity contribution in [3.05, 3.63) is 29.8 Å². The van der Waals surface area contributed by atoms with Gasteiger partial charge in [-0.05, 0) is 36.5 Å². The van der Waals surface area contributed by atoms with Crippen molar-refractivity contribution >= 4 is 9.84 Å². The Labute approximate surface area is 116 Å². The van der Waals surface area contributed by atoms with Gasteiger partial charge in [-0.25, -0.2) is 21.6 Å². The maximum atomic E-state index is 13.1. The van der Waals surface area contributed by atoms with E-state index in [0.29, 0.717) is 5.92 Å². The molecule has 0 N–H and O–H groups in total. The molecular weight excluding hydrogens is 289 g/mol. The third-order valence-electron chi connectivity index (χ3n) is 3.78. The third kappa shape index (κ3) is 3.16. The van der Waals surface area contributed by atoms with Crippen LogP contribution in [-0.4, -0.2) is 20.3 Å². The molecule has 0 aromatic heterocycles. The van der Waals surface area contributed by atoms with Gasteiger partial charge in [0, 0.05) is 0 Å². The molecule has 0 saturated heterocycles. The minimum Gasteiger partial charge on any atom is -0.223 e. The molecule has 0 radical (unpaired) electrons. The van der Waals surface area contributed by atoms with Gasteiger partial charge < -0.3 is 0 Å². The highest BCUT2D eigenvalue weighted by molar-refractivity contribution is 7.92. The number of halogens is 3. The van der Waals surface area contributed by atoms with Crippen molar-refractivity contribution in [3.63, 3.8) is 0 Å². The number of hydrogen-bond acceptors (Lipinski definition) is 2. The normalized spacial score (nSPS) is 19.2. The number of alkyl halides is 3. The van der Waals surface area contributed by atoms with Crippen LogP contribution in [0.2, 0.25) is 0 Å². The Morgan fingerprint density at radius 2 is 1.50 bits per heavy atom. The summed E-state index contributed by atoms with van der Waals surface area (Å²) in [5.74, 6) is 0.386. The molecule has 20 heavy (non-hydrogen) atoms. The molecule has 1 fully saturated rings. The van der Waals surface area contributed by atoms with Crippen molar-refractivity contribution in [1.82, 2.24) is 0 Å². The number of benzene rings is 1. The first-order valence-corrected chi connectivity index (χ1v) is 8.23. The molecule has 2 rings (SSSR count). The Morgan fingerprint density at radius 1 is 0.950 bits per heavy atom. The minimum atomic E-state index is -4.60. The van der Waals surface area contributed by atoms with Gasteiger partial charge in [-0.1, -0.05) is 31.4 Å². The molecule has 1 aromatic rings. The molecular formula is C14H17F3O2S. The lowest BCUT2D eigenvalue weighted by Gasteiger charge is -2.22. The van der Waals surface area contributed by atoms with Crippen LogP contribution in [0.15, 0.2) is 29.2 Å². The Kier molecular flexibility index (Phi) is 4.73. The van der Waals surface area contributed by atoms with Gasteiger partial charge >= 0.3 is 0 Å². The summed E-state index contributed by atoms with van der Waals surface area (Å²) in [6, 6.07) is 5.69. The van der Waals surface area contributed by atoms with Gasteiger partial charge in [-0.2, -0.15) is 0 Å². The predicted octanol–water partition coefficient (Wildman–Crippen LogP) is 4.07. The fraction of sp³-hybridized carbons (Fsp3) is 0.571. The molecule has 2 nitrogen and oxygen atoms in total. The largest absolute Gasteiger partial charge is 0.284 e. The highest BCUT2D eigenvalue weighted by atomic mass is 32.2. The van der Waals surface area contributed by atoms with Crippen LogP contribution in [0.1, 0.15) is 43.6 Å². The van der Waals surface area contributed by atoms with E-state index in [4.69, 9.17) is 0 Å². The summed E-state index contributed by atoms with van der Waals surface area (Å²) in [7, 11) is -4.60. The zero-order chi connectivity index (χ0) is 14.8. The standard InChI is InChI=1S/C14H17F3O2S/c15-13(16)14(17)20(18,19)12-8-6-11(7-9-12)10-4-2-1-3-5-10/h6-10,13-14H,1-5H2. The smallest absolute Gasteiger partial charge is 0.223 e. The lowest BCUT2D eigenvalue weighted by atomic mass is 9.84. The summed E-state index contributed by atoms with van der Waals surface area (Å²) in [6.45, 7) is 0. The molecule has 1 aromatic carbocycles. The van der Waals surface area contributed by atoms with Crippen LogP contribution < -0.4 is 0 Å². The van der Waals surface area contributed by atoms with Gasteiger partial charge in [0.25, 0.3) is 11.9 Å². The quantitative estimate of drug-likeness (QED) is 0.840. The van der Waals surface area contributed by atoms with Crippen molar-refractivity contribution in [2.45, 2.75) is 54.8 Å². The van der Waals surface area contributed by atoms with Crippen molar-refractivity contribution in [2.24, 2.45) is 0 Å². The summed E-state index contributed by atoms with van der Waals surface area (Å²) in [6.07, 6.45) is 2.06. The van der Waals surface area contributed by atoms with Crippen LogP contribution in [0, 0.1) is 0 Å². The molecule has 1 atom stereocenters. The van der Waals surface area contributed by atoms with Gasteiger partial charge in [0.05, 0.1) is 4.90 Å². The second-order valence-corrected chi connectivity index (χ2v) is 7.15. The van der Waals surface area contributed by atoms with Gasteiger partial charge in [-0.15, -0.1) is 0 Å². The van der Waals surface area contributed by atoms with Gasteiger partial charge in [0.1, 0.15) is 0 Å². The molecule has 1 aliphatic rings. The van der Waals surface area contributed by atoms with Gasteiger partial charge in [0.15, 0.2) is 0 Å². The van der Waals surface area contributed by atoms with Crippen molar-refractivity contribution in [2.75, 3.05) is 0 Å². The van der Waals surface area contributed by atoms with Crippen LogP contribution in [-0.2, 0) is 9.84 Å². The summed E-state index contributed by atoms with van der Waals surface area (Å²) >= 11 is 0. The molecule has 0 aliphatic heterocycles. The first-order chi connectivity index (χ1) is 9.43. The number of sulfone groups is 1. The fourth-order valence-corrected chi connectivity index (χ4v) is 3.68. The first-order valence-electron chi connectivity index (χ1n) is 6.69. The molecule has 0 spiro atoms. The summed E-state index contributed by atoms with van der Waals surface area (Å²) < 4.78 is 60.8. The molecule has 6 heteroatoms. The zero-order valence-corrected chi connectivity index (χ0v) is 11.8. The molecule has 1 saturated carbocycles. The van der Waals surface area contributed by atoms with Crippen LogP contribution >= 0.6 is 0 Å². The fourth-order valence-electron chi connectivity index (χ4n) is 2.63. The minimum absolute atomic E-state index is 0.384. The SMILES string of the molecule is O=S(=O)(c1ccc(C2CCCCC2)cc1)C(F)C(F)F. The Bertz CT molecular complexity index is 534. The summed E-state index contributed by atoms with van der Waals surface area (Å²) in [5, 5.41) is 0. The van der Waals surface area contributed by atoms with Crippen molar-refractivity contribution in [1.29, 1.82) is 0 Å². The van der Waals surface area contributed by atoms with E-state index in [2.05, 4.69) is 0 Å². The van der Waals surface area contributed by atoms with Crippen LogP contribution in [0.4, 0.5) is 13.2 Å². The molecule has 0 heterocycles. The zero-order valence-electron chi connectivity index (χ0n) is 10.9. The van der Waals surface area contributed by atoms with Crippen molar-refractivity contribution in [3.8, 4) is 0 Å². The monoisotopic (exact) mass is 306 g/mol. The molecule has 0 bridgehead atoms. The summed E-state index contributed by atoms with van der Waals surface area (Å²) in [4.78, 5) is -0.384. The topological polar surface area (TPSA) is 34.1 Å². The Balaban J connectivity index is 2.19. The van der Waals surface area contributed by atoms with E-state index in [-0.39, 0.29) is 4.90 Å². The Hall–Kier alpha value is -1.04. The van der Waals surface area contributed by atoms with E-state index in [9.17, 15) is 21.6 Å². The van der Waals surface area contributed by atoms with Gasteiger partial charge in [-0.3, -0.25) is 0 Å². The number of rotatable bonds is 4. The highest BCUT2D eigenvalue weighted by Crippen LogP contribution is 2.33. The van der Waals surface area contributed by atoms with E-state index in [0.717, 1.165) is 31.2 Å². The summed E-state index contributed by atoms with van der Waals surface area (Å²) in [5.41, 5.74) is -2.17. The second-order valence-electron chi connectivity index (χ2n) is 5.13. The lowest BCUT2D eigenvalue weighted by Crippen LogP contribution is -2.24. The molecule has 112 valence electrons. The van der Waals surface area contributed by atoms with E-state index in [1.807, 2.05) is 0 Å². The van der Waals surface area contributed by atoms with Crippen LogP contribution in [0.3, 0.4) is 0 Å². The van der Waals surface area contributed by atoms with Crippen LogP contribution in [0.5, 0.6) is 0 Å². The van der Waals surface area contributed by atoms with E-state index < -0.39 is 21.8 Å². The first kappa shape index (κ1) is 15.4. The second kappa shape index (κ2) is 6.16. The van der Waals surface area contributed by atoms with E-state index >= 15 is 0 Å². The predicted molar refractivity (Wildman–Crippen MR) is 70.4 cm³/mol. The average Bonchev–Trinajstić information content (AvgIpc) is 2.47.